The second-order valence-corrected chi connectivity index (χ2v) is 12.3. The van der Waals surface area contributed by atoms with Crippen LogP contribution in [-0.4, -0.2) is 27.8 Å². The van der Waals surface area contributed by atoms with Crippen LogP contribution < -0.4 is 4.90 Å². The number of rotatable bonds is 9. The van der Waals surface area contributed by atoms with E-state index in [-0.39, 0.29) is 17.7 Å². The molecule has 0 spiro atoms. The SMILES string of the molecule is CCc1cc(C(C)(c2ccc(-c3ccccc3)cc2)c2cc(C)c(-n3c(O)ccc3C=O)c(CC)c2)cc(C)c1N1C(=O)C=CC1=O. The molecule has 5 aromatic rings. The highest BCUT2D eigenvalue weighted by atomic mass is 16.3. The summed E-state index contributed by atoms with van der Waals surface area (Å²) >= 11 is 0. The lowest BCUT2D eigenvalue weighted by molar-refractivity contribution is -0.120. The van der Waals surface area contributed by atoms with Crippen LogP contribution in [-0.2, 0) is 27.8 Å². The maximum absolute atomic E-state index is 12.8. The normalized spacial score (nSPS) is 14.1. The van der Waals surface area contributed by atoms with Crippen molar-refractivity contribution in [1.29, 1.82) is 0 Å². The minimum atomic E-state index is -0.654. The minimum absolute atomic E-state index is 0.0104. The largest absolute Gasteiger partial charge is 0.494 e. The molecular weight excluding hydrogens is 584 g/mol. The van der Waals surface area contributed by atoms with Crippen LogP contribution in [0, 0.1) is 13.8 Å². The maximum atomic E-state index is 12.8. The first-order valence-corrected chi connectivity index (χ1v) is 16.0. The third-order valence-electron chi connectivity index (χ3n) is 9.51. The molecule has 1 aliphatic heterocycles. The molecule has 1 aliphatic rings. The van der Waals surface area contributed by atoms with Gasteiger partial charge in [-0.2, -0.15) is 0 Å². The molecule has 2 amide bonds. The van der Waals surface area contributed by atoms with Gasteiger partial charge >= 0.3 is 0 Å². The van der Waals surface area contributed by atoms with E-state index in [1.807, 2.05) is 39.0 Å². The lowest BCUT2D eigenvalue weighted by atomic mass is 9.69. The summed E-state index contributed by atoms with van der Waals surface area (Å²) in [7, 11) is 0. The number of carbonyl (C=O) groups excluding carboxylic acids is 3. The third kappa shape index (κ3) is 5.30. The molecule has 0 saturated heterocycles. The van der Waals surface area contributed by atoms with Gasteiger partial charge in [0, 0.05) is 23.6 Å². The summed E-state index contributed by atoms with van der Waals surface area (Å²) in [5.74, 6) is -0.653. The summed E-state index contributed by atoms with van der Waals surface area (Å²) in [6, 6.07) is 30.6. The topological polar surface area (TPSA) is 79.6 Å². The Kier molecular flexibility index (Phi) is 8.29. The number of imide groups is 1. The van der Waals surface area contributed by atoms with Crippen molar-refractivity contribution in [3.63, 3.8) is 0 Å². The number of nitrogens with zero attached hydrogens (tertiary/aromatic N) is 2. The van der Waals surface area contributed by atoms with Crippen molar-refractivity contribution in [2.45, 2.75) is 52.9 Å². The Bertz CT molecular complexity index is 2040. The van der Waals surface area contributed by atoms with Crippen LogP contribution in [0.3, 0.4) is 0 Å². The summed E-state index contributed by atoms with van der Waals surface area (Å²) in [5, 5.41) is 10.8. The molecule has 1 N–H and O–H groups in total. The van der Waals surface area contributed by atoms with Gasteiger partial charge in [0.25, 0.3) is 11.8 Å². The van der Waals surface area contributed by atoms with Gasteiger partial charge in [0.05, 0.1) is 17.1 Å². The number of aromatic nitrogens is 1. The lowest BCUT2D eigenvalue weighted by Gasteiger charge is -2.35. The second-order valence-electron chi connectivity index (χ2n) is 12.3. The predicted octanol–water partition coefficient (Wildman–Crippen LogP) is 8.19. The number of benzene rings is 4. The molecule has 6 rings (SSSR count). The Labute approximate surface area is 275 Å². The van der Waals surface area contributed by atoms with Gasteiger partial charge < -0.3 is 5.11 Å². The Morgan fingerprint density at radius 2 is 1.21 bits per heavy atom. The molecule has 0 bridgehead atoms. The Morgan fingerprint density at radius 1 is 0.681 bits per heavy atom. The molecule has 1 unspecified atom stereocenters. The van der Waals surface area contributed by atoms with Crippen molar-refractivity contribution in [1.82, 2.24) is 4.57 Å². The Morgan fingerprint density at radius 3 is 1.77 bits per heavy atom. The van der Waals surface area contributed by atoms with Crippen molar-refractivity contribution in [2.24, 2.45) is 0 Å². The Hall–Kier alpha value is -5.49. The first kappa shape index (κ1) is 31.5. The number of hydrogen-bond donors (Lipinski definition) is 1. The second kappa shape index (κ2) is 12.4. The van der Waals surface area contributed by atoms with Crippen molar-refractivity contribution in [3.05, 3.63) is 148 Å². The zero-order chi connectivity index (χ0) is 33.5. The van der Waals surface area contributed by atoms with Crippen LogP contribution in [0.15, 0.2) is 103 Å². The summed E-state index contributed by atoms with van der Waals surface area (Å²) < 4.78 is 1.61. The number of amides is 2. The van der Waals surface area contributed by atoms with Crippen molar-refractivity contribution in [2.75, 3.05) is 4.90 Å². The monoisotopic (exact) mass is 622 g/mol. The van der Waals surface area contributed by atoms with Crippen molar-refractivity contribution in [3.8, 4) is 22.7 Å². The van der Waals surface area contributed by atoms with E-state index in [9.17, 15) is 19.5 Å². The van der Waals surface area contributed by atoms with Crippen LogP contribution in [0.25, 0.3) is 16.8 Å². The summed E-state index contributed by atoms with van der Waals surface area (Å²) in [4.78, 5) is 38.7. The zero-order valence-corrected chi connectivity index (χ0v) is 27.4. The van der Waals surface area contributed by atoms with Gasteiger partial charge in [0.15, 0.2) is 12.2 Å². The number of aldehydes is 1. The zero-order valence-electron chi connectivity index (χ0n) is 27.4. The molecule has 0 aliphatic carbocycles. The predicted molar refractivity (Wildman–Crippen MR) is 187 cm³/mol. The van der Waals surface area contributed by atoms with Gasteiger partial charge in [-0.05, 0) is 89.8 Å². The van der Waals surface area contributed by atoms with E-state index in [1.54, 1.807) is 10.6 Å². The first-order chi connectivity index (χ1) is 22.6. The van der Waals surface area contributed by atoms with E-state index < -0.39 is 5.41 Å². The van der Waals surface area contributed by atoms with E-state index in [0.29, 0.717) is 24.2 Å². The van der Waals surface area contributed by atoms with Crippen LogP contribution in [0.5, 0.6) is 5.88 Å². The molecule has 0 fully saturated rings. The fraction of sp³-hybridized carbons (Fsp3) is 0.195. The maximum Gasteiger partial charge on any atom is 0.258 e. The van der Waals surface area contributed by atoms with Gasteiger partial charge in [0.2, 0.25) is 0 Å². The molecule has 0 radical (unpaired) electrons. The van der Waals surface area contributed by atoms with Crippen LogP contribution >= 0.6 is 0 Å². The standard InChI is InChI=1S/C41H38N2O4/c1-6-28-23-33(21-26(3)39(28)42-35(25-44)17-18-36(42)45)41(5,32-15-13-31(14-16-32)30-11-9-8-10-12-30)34-22-27(4)40(29(7-2)24-34)43-37(46)19-20-38(43)47/h8-25,45H,6-7H2,1-5H3. The van der Waals surface area contributed by atoms with E-state index in [4.69, 9.17) is 0 Å². The van der Waals surface area contributed by atoms with Gasteiger partial charge in [-0.25, -0.2) is 4.90 Å². The number of carbonyl (C=O) groups is 3. The molecule has 0 saturated carbocycles. The highest BCUT2D eigenvalue weighted by molar-refractivity contribution is 6.28. The molecule has 47 heavy (non-hydrogen) atoms. The highest BCUT2D eigenvalue weighted by Gasteiger charge is 2.35. The fourth-order valence-electron chi connectivity index (χ4n) is 6.99. The molecular formula is C41H38N2O4. The number of anilines is 1. The highest BCUT2D eigenvalue weighted by Crippen LogP contribution is 2.44. The number of aromatic hydroxyl groups is 1. The molecule has 236 valence electrons. The summed E-state index contributed by atoms with van der Waals surface area (Å²) in [5.41, 5.74) is 10.2. The number of hydrogen-bond acceptors (Lipinski definition) is 4. The molecule has 2 heterocycles. The fourth-order valence-corrected chi connectivity index (χ4v) is 6.99. The first-order valence-electron chi connectivity index (χ1n) is 16.0. The molecule has 1 aromatic heterocycles. The van der Waals surface area contributed by atoms with Crippen molar-refractivity contribution >= 4 is 23.8 Å². The van der Waals surface area contributed by atoms with E-state index in [0.717, 1.165) is 62.0 Å². The molecule has 6 heteroatoms. The number of aryl methyl sites for hydroxylation is 4. The molecule has 6 nitrogen and oxygen atoms in total. The van der Waals surface area contributed by atoms with E-state index in [1.165, 1.54) is 23.1 Å². The van der Waals surface area contributed by atoms with Gasteiger partial charge in [-0.15, -0.1) is 0 Å². The van der Waals surface area contributed by atoms with Gasteiger partial charge in [-0.3, -0.25) is 19.0 Å². The average Bonchev–Trinajstić information content (AvgIpc) is 3.63. The Balaban J connectivity index is 1.59. The van der Waals surface area contributed by atoms with E-state index >= 15 is 0 Å². The summed E-state index contributed by atoms with van der Waals surface area (Å²) in [6.45, 7) is 10.3. The molecule has 4 aromatic carbocycles. The average molecular weight is 623 g/mol. The smallest absolute Gasteiger partial charge is 0.258 e. The lowest BCUT2D eigenvalue weighted by Crippen LogP contribution is -2.32. The quantitative estimate of drug-likeness (QED) is 0.102. The van der Waals surface area contributed by atoms with Gasteiger partial charge in [0.1, 0.15) is 0 Å². The van der Waals surface area contributed by atoms with E-state index in [2.05, 4.69) is 74.5 Å². The van der Waals surface area contributed by atoms with Crippen LogP contribution in [0.2, 0.25) is 0 Å². The third-order valence-corrected chi connectivity index (χ3v) is 9.51. The van der Waals surface area contributed by atoms with Gasteiger partial charge in [-0.1, -0.05) is 92.7 Å². The summed E-state index contributed by atoms with van der Waals surface area (Å²) in [6.07, 6.45) is 4.70. The molecule has 1 atom stereocenters. The van der Waals surface area contributed by atoms with Crippen LogP contribution in [0.4, 0.5) is 5.69 Å². The van der Waals surface area contributed by atoms with Crippen molar-refractivity contribution < 1.29 is 19.5 Å². The van der Waals surface area contributed by atoms with Crippen LogP contribution in [0.1, 0.15) is 70.2 Å². The minimum Gasteiger partial charge on any atom is -0.494 e.